The average molecular weight is 1440 g/mol. The van der Waals surface area contributed by atoms with Gasteiger partial charge in [-0.1, -0.05) is 96.2 Å². The van der Waals surface area contributed by atoms with Crippen LogP contribution >= 0.6 is 52.1 Å². The fourth-order valence-corrected chi connectivity index (χ4v) is 12.8. The molecule has 3 saturated heterocycles. The number of carbonyl (C=O) groups excluding carboxylic acids is 6. The van der Waals surface area contributed by atoms with Crippen molar-refractivity contribution in [2.45, 2.75) is 110 Å². The topological polar surface area (TPSA) is 254 Å². The molecule has 3 aliphatic rings. The minimum Gasteiger partial charge on any atom is -0.399 e. The molecule has 5 aromatic heterocycles. The largest absolute Gasteiger partial charge is 0.497 e. The number of para-hydroxylation sites is 2. The molecule has 4 amide bonds. The molecule has 13 rings (SSSR count). The number of likely N-dealkylation sites (tertiary alicyclic amines) is 2. The third-order valence-electron chi connectivity index (χ3n) is 16.5. The quantitative estimate of drug-likeness (QED) is 0.0759. The number of thiazole rings is 2. The van der Waals surface area contributed by atoms with E-state index in [0.717, 1.165) is 14.8 Å². The van der Waals surface area contributed by atoms with Gasteiger partial charge in [0, 0.05) is 86.1 Å². The Morgan fingerprint density at radius 3 is 1.67 bits per heavy atom. The number of pyridine rings is 1. The molecule has 19 nitrogen and oxygen atoms in total. The standard InChI is InChI=1S/C28H31BF2N4O5.C28H22F2N6O3S.C7H4BrNS.CH4.S2.H2S/c1-27(2)28(3,4)40-29(39-27)19-10-7-8-16(24(19)31)12-22(36)21-13-17(30)14-34(21)23(37)15-35-20-11-6-5-9-18(20)25(33-35)26(32)38;29-17-10-22(35(12-17)24(38)13-36-21-7-2-1-5-19(21)26(34-36)27(31)39)23(37)9-15-4-3-6-18(25(15)30)16-8-20-28(32-11-16)40-14-33-20;8-5-1-2-7-6(3-5)9-4-10-7;;1-2;/h5-11,17,21H,12-15H2,1-4H3,(H2,32,38);1-8,11,14,17,22H,9-10,12-13H2,(H2,31,39);1-4H;1H4;;1H2/t17-,21+;17-,22+;;;;/m11..../s1. The number of nitrogens with two attached hydrogens (primary N) is 2. The van der Waals surface area contributed by atoms with Crippen molar-refractivity contribution < 1.29 is 55.6 Å². The number of Topliss-reactive ketones (excluding diaryl/α,β-unsaturated/α-hetero) is 2. The number of hydrogen-bond acceptors (Lipinski definition) is 17. The molecule has 0 saturated carbocycles. The summed E-state index contributed by atoms with van der Waals surface area (Å²) in [5.74, 6) is -4.75. The van der Waals surface area contributed by atoms with Crippen molar-refractivity contribution in [2.75, 3.05) is 13.1 Å². The van der Waals surface area contributed by atoms with Crippen molar-refractivity contribution in [1.82, 2.24) is 44.3 Å². The van der Waals surface area contributed by atoms with E-state index in [-0.39, 0.29) is 106 Å². The molecule has 30 heteroatoms. The fraction of sp³-hybridized carbons (Fsp3) is 0.297. The SMILES string of the molecule is Brc1ccc2scnc2c1.C.CC1(C)OB(c2cccc(CC(=O)[C@@H]3C[C@@H](F)CN3C(=O)Cn3nc(C(N)=O)c4ccccc43)c2F)OC1(C)C.NC(=O)c1nn(CC(=O)N2C[C@H](F)C[C@H]2C(=O)Cc2cccc(-c3cnc4scnc4c3)c2F)c2ccccc12.S.S=S. The first kappa shape index (κ1) is 72.0. The summed E-state index contributed by atoms with van der Waals surface area (Å²) in [5.41, 5.74) is 17.0. The molecule has 3 fully saturated rings. The summed E-state index contributed by atoms with van der Waals surface area (Å²) >= 11 is 13.8. The molecule has 0 aliphatic carbocycles. The highest BCUT2D eigenvalue weighted by Crippen LogP contribution is 2.37. The molecule has 0 unspecified atom stereocenters. The van der Waals surface area contributed by atoms with Crippen molar-refractivity contribution in [3.63, 3.8) is 0 Å². The normalized spacial score (nSPS) is 17.7. The highest BCUT2D eigenvalue weighted by molar-refractivity contribution is 9.10. The zero-order valence-corrected chi connectivity index (χ0v) is 56.0. The van der Waals surface area contributed by atoms with E-state index in [9.17, 15) is 37.5 Å². The van der Waals surface area contributed by atoms with Crippen LogP contribution < -0.4 is 16.9 Å². The molecule has 490 valence electrons. The molecule has 0 radical (unpaired) electrons. The summed E-state index contributed by atoms with van der Waals surface area (Å²) in [6, 6.07) is 28.7. The highest BCUT2D eigenvalue weighted by Gasteiger charge is 2.53. The van der Waals surface area contributed by atoms with Gasteiger partial charge in [0.25, 0.3) is 11.8 Å². The Morgan fingerprint density at radius 2 is 1.14 bits per heavy atom. The lowest BCUT2D eigenvalue weighted by Gasteiger charge is -2.32. The van der Waals surface area contributed by atoms with E-state index in [0.29, 0.717) is 32.9 Å². The summed E-state index contributed by atoms with van der Waals surface area (Å²) in [5, 5.41) is 9.33. The smallest absolute Gasteiger partial charge is 0.399 e. The molecule has 4 N–H and O–H groups in total. The maximum Gasteiger partial charge on any atom is 0.497 e. The van der Waals surface area contributed by atoms with E-state index < -0.39 is 89.6 Å². The molecule has 10 aromatic rings. The first-order valence-corrected chi connectivity index (χ1v) is 32.5. The van der Waals surface area contributed by atoms with Gasteiger partial charge < -0.3 is 30.6 Å². The Balaban J connectivity index is 0.000000201. The first-order chi connectivity index (χ1) is 43.9. The van der Waals surface area contributed by atoms with Crippen LogP contribution in [-0.2, 0) is 76.8 Å². The number of fused-ring (bicyclic) bond motifs is 4. The minimum atomic E-state index is -1.41. The van der Waals surface area contributed by atoms with Crippen LogP contribution in [0.5, 0.6) is 0 Å². The number of ketones is 2. The van der Waals surface area contributed by atoms with Crippen LogP contribution in [0, 0.1) is 11.6 Å². The number of carbonyl (C=O) groups is 6. The first-order valence-electron chi connectivity index (χ1n) is 28.6. The van der Waals surface area contributed by atoms with Crippen LogP contribution in [0.15, 0.2) is 131 Å². The number of aromatic nitrogens is 7. The average Bonchev–Trinajstić information content (AvgIpc) is 1.60. The van der Waals surface area contributed by atoms with Gasteiger partial charge in [0.15, 0.2) is 23.0 Å². The van der Waals surface area contributed by atoms with Crippen molar-refractivity contribution >= 4 is 165 Å². The van der Waals surface area contributed by atoms with E-state index in [1.165, 1.54) is 47.3 Å². The Kier molecular flexibility index (Phi) is 23.2. The predicted octanol–water partition coefficient (Wildman–Crippen LogP) is 9.82. The second-order valence-corrected chi connectivity index (χ2v) is 25.5. The third kappa shape index (κ3) is 15.3. The van der Waals surface area contributed by atoms with Crippen LogP contribution in [0.4, 0.5) is 17.6 Å². The molecule has 0 spiro atoms. The van der Waals surface area contributed by atoms with Gasteiger partial charge in [0.05, 0.1) is 68.6 Å². The molecule has 4 atom stereocenters. The maximum atomic E-state index is 15.6. The van der Waals surface area contributed by atoms with Crippen molar-refractivity contribution in [1.29, 1.82) is 0 Å². The second kappa shape index (κ2) is 30.3. The number of halogens is 5. The number of hydrogen-bond donors (Lipinski definition) is 2. The molecule has 3 aliphatic heterocycles. The van der Waals surface area contributed by atoms with Gasteiger partial charge in [0.1, 0.15) is 47.4 Å². The number of benzene rings is 5. The Bertz CT molecular complexity index is 4480. The summed E-state index contributed by atoms with van der Waals surface area (Å²) in [6.07, 6.45) is -2.27. The van der Waals surface area contributed by atoms with Crippen molar-refractivity contribution in [3.05, 3.63) is 165 Å². The Labute approximate surface area is 571 Å². The van der Waals surface area contributed by atoms with E-state index in [1.807, 2.05) is 45.3 Å². The van der Waals surface area contributed by atoms with E-state index in [1.54, 1.807) is 102 Å². The molecule has 0 bridgehead atoms. The van der Waals surface area contributed by atoms with Crippen LogP contribution in [0.3, 0.4) is 0 Å². The lowest BCUT2D eigenvalue weighted by atomic mass is 9.77. The zero-order valence-electron chi connectivity index (χ0n) is 50.1. The van der Waals surface area contributed by atoms with E-state index in [2.05, 4.69) is 69.5 Å². The van der Waals surface area contributed by atoms with E-state index in [4.69, 9.17) is 20.8 Å². The zero-order chi connectivity index (χ0) is 65.9. The lowest BCUT2D eigenvalue weighted by Crippen LogP contribution is -2.43. The predicted molar refractivity (Wildman–Crippen MR) is 368 cm³/mol. The Morgan fingerprint density at radius 1 is 0.649 bits per heavy atom. The van der Waals surface area contributed by atoms with Gasteiger partial charge >= 0.3 is 7.12 Å². The Hall–Kier alpha value is -7.84. The van der Waals surface area contributed by atoms with Crippen molar-refractivity contribution in [3.8, 4) is 11.1 Å². The summed E-state index contributed by atoms with van der Waals surface area (Å²) < 4.78 is 77.1. The van der Waals surface area contributed by atoms with Gasteiger partial charge in [-0.15, -0.1) is 22.7 Å². The van der Waals surface area contributed by atoms with Crippen LogP contribution in [0.2, 0.25) is 0 Å². The van der Waals surface area contributed by atoms with Crippen LogP contribution in [0.25, 0.3) is 53.5 Å². The fourth-order valence-electron chi connectivity index (χ4n) is 11.2. The van der Waals surface area contributed by atoms with Gasteiger partial charge in [-0.3, -0.25) is 38.1 Å². The van der Waals surface area contributed by atoms with Crippen LogP contribution in [0.1, 0.15) is 80.1 Å². The number of amides is 4. The summed E-state index contributed by atoms with van der Waals surface area (Å²) in [4.78, 5) is 92.7. The maximum absolute atomic E-state index is 15.6. The second-order valence-electron chi connectivity index (χ2n) is 22.9. The van der Waals surface area contributed by atoms with E-state index >= 15 is 8.78 Å². The molecular weight excluding hydrogens is 1380 g/mol. The molecule has 94 heavy (non-hydrogen) atoms. The molecular formula is C64H63BBrF4N11O8S5. The monoisotopic (exact) mass is 1440 g/mol. The third-order valence-corrected chi connectivity index (χ3v) is 18.5. The number of primary amides is 2. The van der Waals surface area contributed by atoms with Gasteiger partial charge in [-0.25, -0.2) is 32.5 Å². The molecule has 8 heterocycles. The number of nitrogens with zero attached hydrogens (tertiary/aromatic N) is 9. The van der Waals surface area contributed by atoms with Gasteiger partial charge in [0.2, 0.25) is 11.8 Å². The van der Waals surface area contributed by atoms with Crippen LogP contribution in [-0.4, -0.2) is 135 Å². The highest BCUT2D eigenvalue weighted by atomic mass is 79.9. The number of alkyl halides is 2. The van der Waals surface area contributed by atoms with Gasteiger partial charge in [-0.2, -0.15) is 23.7 Å². The number of rotatable bonds is 14. The summed E-state index contributed by atoms with van der Waals surface area (Å²) in [6.45, 7) is 6.26. The lowest BCUT2D eigenvalue weighted by molar-refractivity contribution is -0.138. The molecule has 5 aromatic carbocycles. The van der Waals surface area contributed by atoms with Crippen molar-refractivity contribution in [2.24, 2.45) is 11.5 Å². The summed E-state index contributed by atoms with van der Waals surface area (Å²) in [7, 11) is -0.950. The van der Waals surface area contributed by atoms with Gasteiger partial charge in [-0.05, 0) is 75.2 Å². The minimum absolute atomic E-state index is 0.